The van der Waals surface area contributed by atoms with E-state index >= 15 is 0 Å². The van der Waals surface area contributed by atoms with Crippen LogP contribution in [0, 0.1) is 5.92 Å². The fourth-order valence-corrected chi connectivity index (χ4v) is 7.72. The molecule has 1 aliphatic heterocycles. The number of para-hydroxylation sites is 1. The van der Waals surface area contributed by atoms with Crippen LogP contribution in [-0.2, 0) is 23.2 Å². The number of benzene rings is 3. The number of carbonyl (C=O) groups excluding carboxylic acids is 2. The molecule has 1 heterocycles. The van der Waals surface area contributed by atoms with Crippen molar-refractivity contribution in [3.8, 4) is 5.75 Å². The molecule has 3 atom stereocenters. The third-order valence-electron chi connectivity index (χ3n) is 9.71. The zero-order valence-electron chi connectivity index (χ0n) is 24.6. The Hall–Kier alpha value is -3.80. The average molecular weight is 567 g/mol. The molecule has 2 fully saturated rings. The highest BCUT2D eigenvalue weighted by molar-refractivity contribution is 5.86. The van der Waals surface area contributed by atoms with Crippen LogP contribution >= 0.6 is 0 Å². The van der Waals surface area contributed by atoms with E-state index in [4.69, 9.17) is 9.47 Å². The minimum atomic E-state index is -0.202. The molecule has 0 radical (unpaired) electrons. The lowest BCUT2D eigenvalue weighted by molar-refractivity contribution is 0.0442. The molecule has 2 aliphatic carbocycles. The fourth-order valence-electron chi connectivity index (χ4n) is 7.72. The smallest absolute Gasteiger partial charge is 0.410 e. The predicted octanol–water partition coefficient (Wildman–Crippen LogP) is 8.21. The summed E-state index contributed by atoms with van der Waals surface area (Å²) in [6.45, 7) is 3.84. The molecule has 1 unspecified atom stereocenters. The van der Waals surface area contributed by atoms with E-state index in [0.717, 1.165) is 80.5 Å². The molecule has 6 nitrogen and oxygen atoms in total. The molecule has 3 aromatic rings. The number of nitrogens with zero attached hydrogens (tertiary/aromatic N) is 1. The first-order valence-corrected chi connectivity index (χ1v) is 15.7. The summed E-state index contributed by atoms with van der Waals surface area (Å²) in [5.74, 6) is 1.26. The summed E-state index contributed by atoms with van der Waals surface area (Å²) < 4.78 is 12.3. The van der Waals surface area contributed by atoms with Crippen LogP contribution in [-0.4, -0.2) is 36.5 Å². The third-order valence-corrected chi connectivity index (χ3v) is 9.71. The summed E-state index contributed by atoms with van der Waals surface area (Å²) in [7, 11) is 0. The van der Waals surface area contributed by atoms with Gasteiger partial charge < -0.3 is 19.7 Å². The van der Waals surface area contributed by atoms with Crippen molar-refractivity contribution in [2.45, 2.75) is 82.8 Å². The van der Waals surface area contributed by atoms with Crippen LogP contribution < -0.4 is 10.1 Å². The number of aldehydes is 1. The van der Waals surface area contributed by atoms with Crippen molar-refractivity contribution in [2.24, 2.45) is 5.92 Å². The van der Waals surface area contributed by atoms with E-state index in [1.54, 1.807) is 0 Å². The largest absolute Gasteiger partial charge is 0.491 e. The van der Waals surface area contributed by atoms with Crippen molar-refractivity contribution < 1.29 is 19.1 Å². The molecule has 0 aromatic heterocycles. The number of fused-ring (bicyclic) bond motifs is 1. The first kappa shape index (κ1) is 28.3. The van der Waals surface area contributed by atoms with Gasteiger partial charge >= 0.3 is 6.09 Å². The SMILES string of the molecule is CCCCOc1cc2c(cc1Nc1ccccc1C=O)C[C@H]1C3CCCC[C@@]23CCCN1C(=O)OCc1ccccc1. The van der Waals surface area contributed by atoms with Crippen molar-refractivity contribution in [2.75, 3.05) is 18.5 Å². The van der Waals surface area contributed by atoms with Gasteiger partial charge in [-0.15, -0.1) is 0 Å². The number of hydrogen-bond donors (Lipinski definition) is 1. The van der Waals surface area contributed by atoms with E-state index in [0.29, 0.717) is 18.1 Å². The van der Waals surface area contributed by atoms with Crippen LogP contribution in [0.5, 0.6) is 5.75 Å². The maximum atomic E-state index is 13.6. The molecule has 3 aromatic carbocycles. The molecular formula is C36H42N2O4. The zero-order chi connectivity index (χ0) is 28.9. The standard InChI is InChI=1S/C36H42N2O4/c1-2-3-20-41-34-23-30-28(21-32(34)37-31-16-8-7-14-27(31)24-39)22-33-29-15-9-10-17-36(29,30)18-11-19-38(33)35(40)42-25-26-12-5-4-6-13-26/h4-8,12-14,16,21,23-24,29,33,37H,2-3,9-11,15,17-20,22,25H2,1H3/t29?,33-,36-/m0/s1. The lowest BCUT2D eigenvalue weighted by Gasteiger charge is -2.52. The summed E-state index contributed by atoms with van der Waals surface area (Å²) in [6.07, 6.45) is 10.2. The van der Waals surface area contributed by atoms with Crippen molar-refractivity contribution >= 4 is 23.8 Å². The van der Waals surface area contributed by atoms with Gasteiger partial charge in [-0.25, -0.2) is 4.79 Å². The van der Waals surface area contributed by atoms with Gasteiger partial charge in [-0.2, -0.15) is 0 Å². The molecule has 220 valence electrons. The van der Waals surface area contributed by atoms with Gasteiger partial charge in [0.05, 0.1) is 12.3 Å². The lowest BCUT2D eigenvalue weighted by atomic mass is 9.54. The summed E-state index contributed by atoms with van der Waals surface area (Å²) in [6, 6.07) is 22.1. The van der Waals surface area contributed by atoms with Gasteiger partial charge in [0, 0.05) is 29.3 Å². The van der Waals surface area contributed by atoms with E-state index in [9.17, 15) is 9.59 Å². The normalized spacial score (nSPS) is 22.7. The minimum Gasteiger partial charge on any atom is -0.491 e. The Morgan fingerprint density at radius 3 is 2.67 bits per heavy atom. The molecular weight excluding hydrogens is 524 g/mol. The number of rotatable bonds is 9. The van der Waals surface area contributed by atoms with E-state index < -0.39 is 0 Å². The van der Waals surface area contributed by atoms with E-state index in [2.05, 4.69) is 24.4 Å². The average Bonchev–Trinajstić information content (AvgIpc) is 3.15. The minimum absolute atomic E-state index is 0.0348. The Labute approximate surface area is 249 Å². The zero-order valence-corrected chi connectivity index (χ0v) is 24.6. The van der Waals surface area contributed by atoms with Gasteiger partial charge in [0.15, 0.2) is 6.29 Å². The van der Waals surface area contributed by atoms with E-state index in [1.807, 2.05) is 59.5 Å². The summed E-state index contributed by atoms with van der Waals surface area (Å²) in [5.41, 5.74) is 5.97. The maximum Gasteiger partial charge on any atom is 0.410 e. The predicted molar refractivity (Wildman–Crippen MR) is 166 cm³/mol. The summed E-state index contributed by atoms with van der Waals surface area (Å²) in [5, 5.41) is 3.53. The number of unbranched alkanes of at least 4 members (excludes halogenated alkanes) is 1. The van der Waals surface area contributed by atoms with Crippen LogP contribution in [0.25, 0.3) is 0 Å². The second kappa shape index (κ2) is 12.6. The highest BCUT2D eigenvalue weighted by Crippen LogP contribution is 2.56. The molecule has 3 aliphatic rings. The Balaban J connectivity index is 1.37. The lowest BCUT2D eigenvalue weighted by Crippen LogP contribution is -2.54. The molecule has 1 amide bonds. The first-order valence-electron chi connectivity index (χ1n) is 15.7. The molecule has 1 saturated carbocycles. The number of nitrogens with one attached hydrogen (secondary N) is 1. The number of amides is 1. The molecule has 6 heteroatoms. The van der Waals surface area contributed by atoms with Gasteiger partial charge in [-0.3, -0.25) is 4.79 Å². The number of anilines is 2. The fraction of sp³-hybridized carbons (Fsp3) is 0.444. The van der Waals surface area contributed by atoms with Crippen molar-refractivity contribution in [3.63, 3.8) is 0 Å². The Morgan fingerprint density at radius 1 is 1.02 bits per heavy atom. The second-order valence-corrected chi connectivity index (χ2v) is 12.2. The number of likely N-dealkylation sites (tertiary alicyclic amines) is 1. The van der Waals surface area contributed by atoms with Crippen LogP contribution in [0.15, 0.2) is 66.7 Å². The van der Waals surface area contributed by atoms with E-state index in [-0.39, 0.29) is 24.2 Å². The third kappa shape index (κ3) is 5.51. The Morgan fingerprint density at radius 2 is 1.83 bits per heavy atom. The quantitative estimate of drug-likeness (QED) is 0.209. The highest BCUT2D eigenvalue weighted by Gasteiger charge is 2.53. The monoisotopic (exact) mass is 566 g/mol. The Kier molecular flexibility index (Phi) is 8.50. The van der Waals surface area contributed by atoms with Gasteiger partial charge in [0.25, 0.3) is 0 Å². The molecule has 2 bridgehead atoms. The molecule has 1 N–H and O–H groups in total. The molecule has 42 heavy (non-hydrogen) atoms. The summed E-state index contributed by atoms with van der Waals surface area (Å²) >= 11 is 0. The van der Waals surface area contributed by atoms with Gasteiger partial charge in [-0.05, 0) is 85.4 Å². The van der Waals surface area contributed by atoms with Crippen molar-refractivity contribution in [1.82, 2.24) is 4.90 Å². The van der Waals surface area contributed by atoms with Gasteiger partial charge in [0.2, 0.25) is 0 Å². The van der Waals surface area contributed by atoms with Crippen molar-refractivity contribution in [1.29, 1.82) is 0 Å². The highest BCUT2D eigenvalue weighted by atomic mass is 16.6. The number of carbonyl (C=O) groups is 2. The Bertz CT molecular complexity index is 1410. The van der Waals surface area contributed by atoms with Crippen LogP contribution in [0.1, 0.15) is 85.3 Å². The number of hydrogen-bond acceptors (Lipinski definition) is 5. The van der Waals surface area contributed by atoms with Crippen molar-refractivity contribution in [3.05, 3.63) is 89.0 Å². The maximum absolute atomic E-state index is 13.6. The molecule has 0 spiro atoms. The van der Waals surface area contributed by atoms with Crippen LogP contribution in [0.3, 0.4) is 0 Å². The van der Waals surface area contributed by atoms with Gasteiger partial charge in [-0.1, -0.05) is 68.7 Å². The first-order chi connectivity index (χ1) is 20.6. The summed E-state index contributed by atoms with van der Waals surface area (Å²) in [4.78, 5) is 27.5. The topological polar surface area (TPSA) is 67.9 Å². The molecule has 6 rings (SSSR count). The van der Waals surface area contributed by atoms with Crippen LogP contribution in [0.2, 0.25) is 0 Å². The second-order valence-electron chi connectivity index (χ2n) is 12.2. The van der Waals surface area contributed by atoms with Crippen LogP contribution in [0.4, 0.5) is 16.2 Å². The number of ether oxygens (including phenoxy) is 2. The van der Waals surface area contributed by atoms with Gasteiger partial charge in [0.1, 0.15) is 12.4 Å². The van der Waals surface area contributed by atoms with E-state index in [1.165, 1.54) is 24.0 Å². The molecule has 1 saturated heterocycles.